The van der Waals surface area contributed by atoms with Gasteiger partial charge in [-0.3, -0.25) is 9.55 Å². The fourth-order valence-electron chi connectivity index (χ4n) is 7.17. The molecular weight excluding hydrogens is 613 g/mol. The van der Waals surface area contributed by atoms with E-state index >= 15 is 0 Å². The highest BCUT2D eigenvalue weighted by Gasteiger charge is 2.19. The molecule has 10 aromatic rings. The van der Waals surface area contributed by atoms with Crippen LogP contribution in [0.2, 0.25) is 0 Å². The van der Waals surface area contributed by atoms with Gasteiger partial charge < -0.3 is 4.57 Å². The van der Waals surface area contributed by atoms with Crippen LogP contribution in [0.5, 0.6) is 0 Å². The molecule has 6 aromatic carbocycles. The first-order valence-electron chi connectivity index (χ1n) is 16.6. The third-order valence-electron chi connectivity index (χ3n) is 9.48. The van der Waals surface area contributed by atoms with Crippen LogP contribution in [-0.2, 0) is 0 Å². The van der Waals surface area contributed by atoms with Crippen LogP contribution in [0.3, 0.4) is 0 Å². The molecule has 0 aliphatic heterocycles. The second-order valence-electron chi connectivity index (χ2n) is 12.4. The lowest BCUT2D eigenvalue weighted by molar-refractivity contribution is 0.951. The van der Waals surface area contributed by atoms with Crippen molar-refractivity contribution < 1.29 is 0 Å². The Bertz CT molecular complexity index is 2800. The number of pyridine rings is 1. The zero-order valence-electron chi connectivity index (χ0n) is 26.8. The van der Waals surface area contributed by atoms with Gasteiger partial charge in [-0.2, -0.15) is 9.97 Å². The zero-order valence-corrected chi connectivity index (χ0v) is 26.8. The number of rotatable bonds is 5. The van der Waals surface area contributed by atoms with E-state index in [-0.39, 0.29) is 0 Å². The van der Waals surface area contributed by atoms with Gasteiger partial charge in [0, 0.05) is 44.6 Å². The molecule has 6 heteroatoms. The fourth-order valence-corrected chi connectivity index (χ4v) is 7.17. The molecule has 0 fully saturated rings. The summed E-state index contributed by atoms with van der Waals surface area (Å²) < 4.78 is 4.46. The Labute approximate surface area is 287 Å². The minimum atomic E-state index is 0.550. The maximum atomic E-state index is 5.05. The van der Waals surface area contributed by atoms with Crippen molar-refractivity contribution in [3.05, 3.63) is 170 Å². The summed E-state index contributed by atoms with van der Waals surface area (Å²) in [4.78, 5) is 19.6. The number of benzene rings is 6. The molecule has 50 heavy (non-hydrogen) atoms. The van der Waals surface area contributed by atoms with E-state index < -0.39 is 0 Å². The molecule has 4 heterocycles. The predicted molar refractivity (Wildman–Crippen MR) is 203 cm³/mol. The molecule has 6 nitrogen and oxygen atoms in total. The highest BCUT2D eigenvalue weighted by atomic mass is 15.2. The monoisotopic (exact) mass is 640 g/mol. The predicted octanol–water partition coefficient (Wildman–Crippen LogP) is 10.5. The van der Waals surface area contributed by atoms with E-state index in [1.165, 1.54) is 21.8 Å². The van der Waals surface area contributed by atoms with Gasteiger partial charge in [0.1, 0.15) is 0 Å². The average Bonchev–Trinajstić information content (AvgIpc) is 3.71. The Kier molecular flexibility index (Phi) is 6.39. The van der Waals surface area contributed by atoms with Crippen LogP contribution >= 0.6 is 0 Å². The van der Waals surface area contributed by atoms with E-state index in [1.54, 1.807) is 0 Å². The van der Waals surface area contributed by atoms with E-state index in [2.05, 4.69) is 111 Å². The Morgan fingerprint density at radius 2 is 0.880 bits per heavy atom. The first-order valence-corrected chi connectivity index (χ1v) is 16.6. The SMILES string of the molecule is c1ccc(-c2nc(-c3ccccc3)nc(-n3c4ccc(-c5ccc6c(c5)c5ccccc5n6-c5ccccc5)cc4c4ccncc43)n2)cc1. The van der Waals surface area contributed by atoms with Crippen molar-refractivity contribution in [2.75, 3.05) is 0 Å². The minimum absolute atomic E-state index is 0.550. The summed E-state index contributed by atoms with van der Waals surface area (Å²) in [5, 5.41) is 4.65. The van der Waals surface area contributed by atoms with Crippen molar-refractivity contribution in [1.29, 1.82) is 0 Å². The summed E-state index contributed by atoms with van der Waals surface area (Å²) in [6.45, 7) is 0. The van der Waals surface area contributed by atoms with Gasteiger partial charge in [0.2, 0.25) is 5.95 Å². The molecule has 0 bridgehead atoms. The van der Waals surface area contributed by atoms with E-state index in [1.807, 2.05) is 73.1 Å². The maximum Gasteiger partial charge on any atom is 0.238 e. The van der Waals surface area contributed by atoms with Gasteiger partial charge in [-0.05, 0) is 59.7 Å². The van der Waals surface area contributed by atoms with E-state index in [0.29, 0.717) is 17.6 Å². The average molecular weight is 641 g/mol. The van der Waals surface area contributed by atoms with Crippen LogP contribution in [0, 0.1) is 0 Å². The summed E-state index contributed by atoms with van der Waals surface area (Å²) in [6.07, 6.45) is 3.75. The Hall–Kier alpha value is -6.92. The largest absolute Gasteiger partial charge is 0.309 e. The Morgan fingerprint density at radius 3 is 1.52 bits per heavy atom. The summed E-state index contributed by atoms with van der Waals surface area (Å²) in [5.74, 6) is 1.79. The number of aromatic nitrogens is 6. The summed E-state index contributed by atoms with van der Waals surface area (Å²) in [7, 11) is 0. The topological polar surface area (TPSA) is 61.4 Å². The molecule has 10 rings (SSSR count). The van der Waals surface area contributed by atoms with E-state index in [0.717, 1.165) is 49.7 Å². The molecular formula is C44H28N6. The van der Waals surface area contributed by atoms with Gasteiger partial charge in [-0.1, -0.05) is 109 Å². The lowest BCUT2D eigenvalue weighted by Gasteiger charge is -2.11. The fraction of sp³-hybridized carbons (Fsp3) is 0. The molecule has 0 N–H and O–H groups in total. The molecule has 234 valence electrons. The second kappa shape index (κ2) is 11.4. The number of para-hydroxylation sites is 2. The molecule has 0 atom stereocenters. The molecule has 0 unspecified atom stereocenters. The van der Waals surface area contributed by atoms with Gasteiger partial charge in [0.15, 0.2) is 11.6 Å². The van der Waals surface area contributed by atoms with E-state index in [4.69, 9.17) is 15.0 Å². The Morgan fingerprint density at radius 1 is 0.360 bits per heavy atom. The first kappa shape index (κ1) is 28.1. The van der Waals surface area contributed by atoms with E-state index in [9.17, 15) is 0 Å². The summed E-state index contributed by atoms with van der Waals surface area (Å²) >= 11 is 0. The van der Waals surface area contributed by atoms with Crippen LogP contribution in [0.4, 0.5) is 0 Å². The molecule has 0 radical (unpaired) electrons. The van der Waals surface area contributed by atoms with Crippen LogP contribution in [0.25, 0.3) is 89.2 Å². The van der Waals surface area contributed by atoms with Crippen molar-refractivity contribution in [3.63, 3.8) is 0 Å². The smallest absolute Gasteiger partial charge is 0.238 e. The second-order valence-corrected chi connectivity index (χ2v) is 12.4. The number of nitrogens with zero attached hydrogens (tertiary/aromatic N) is 6. The van der Waals surface area contributed by atoms with Gasteiger partial charge in [0.25, 0.3) is 0 Å². The van der Waals surface area contributed by atoms with Crippen LogP contribution in [0.15, 0.2) is 170 Å². The van der Waals surface area contributed by atoms with Crippen molar-refractivity contribution in [1.82, 2.24) is 29.1 Å². The summed E-state index contributed by atoms with van der Waals surface area (Å²) in [6, 6.07) is 54.9. The summed E-state index contributed by atoms with van der Waals surface area (Å²) in [5.41, 5.74) is 9.62. The van der Waals surface area contributed by atoms with Crippen LogP contribution < -0.4 is 0 Å². The third-order valence-corrected chi connectivity index (χ3v) is 9.48. The lowest BCUT2D eigenvalue weighted by Crippen LogP contribution is -2.06. The standard InChI is InChI=1S/C44H28N6/c1-4-12-29(13-5-1)42-46-43(30-14-6-2-7-15-30)48-44(47-42)50-40-23-21-32(27-37(40)35-24-25-45-28-41(35)50)31-20-22-39-36(26-31)34-18-10-11-19-38(34)49(39)33-16-8-3-9-17-33/h1-28H. The number of hydrogen-bond donors (Lipinski definition) is 0. The minimum Gasteiger partial charge on any atom is -0.309 e. The lowest BCUT2D eigenvalue weighted by atomic mass is 10.0. The first-order chi connectivity index (χ1) is 24.8. The highest BCUT2D eigenvalue weighted by molar-refractivity contribution is 6.12. The van der Waals surface area contributed by atoms with Crippen molar-refractivity contribution in [2.24, 2.45) is 0 Å². The third kappa shape index (κ3) is 4.50. The molecule has 0 aliphatic rings. The van der Waals surface area contributed by atoms with Gasteiger partial charge in [-0.15, -0.1) is 0 Å². The number of hydrogen-bond acceptors (Lipinski definition) is 4. The van der Waals surface area contributed by atoms with Gasteiger partial charge >= 0.3 is 0 Å². The van der Waals surface area contributed by atoms with Crippen molar-refractivity contribution >= 4 is 43.6 Å². The molecule has 0 aliphatic carbocycles. The molecule has 0 amide bonds. The maximum absolute atomic E-state index is 5.05. The normalized spacial score (nSPS) is 11.6. The highest BCUT2D eigenvalue weighted by Crippen LogP contribution is 2.38. The van der Waals surface area contributed by atoms with Crippen LogP contribution in [0.1, 0.15) is 0 Å². The quantitative estimate of drug-likeness (QED) is 0.188. The number of fused-ring (bicyclic) bond motifs is 6. The Balaban J connectivity index is 1.17. The zero-order chi connectivity index (χ0) is 33.0. The van der Waals surface area contributed by atoms with Gasteiger partial charge in [0.05, 0.1) is 28.3 Å². The van der Waals surface area contributed by atoms with Crippen molar-refractivity contribution in [3.8, 4) is 45.5 Å². The molecule has 0 saturated carbocycles. The van der Waals surface area contributed by atoms with Crippen LogP contribution in [-0.4, -0.2) is 29.1 Å². The van der Waals surface area contributed by atoms with Gasteiger partial charge in [-0.25, -0.2) is 4.98 Å². The molecule has 0 spiro atoms. The van der Waals surface area contributed by atoms with Crippen molar-refractivity contribution in [2.45, 2.75) is 0 Å². The molecule has 4 aromatic heterocycles. The molecule has 0 saturated heterocycles.